The fourth-order valence-electron chi connectivity index (χ4n) is 5.83. The Hall–Kier alpha value is -4.52. The van der Waals surface area contributed by atoms with Gasteiger partial charge in [0.1, 0.15) is 11.6 Å². The molecule has 0 radical (unpaired) electrons. The Morgan fingerprint density at radius 2 is 2.00 bits per heavy atom. The van der Waals surface area contributed by atoms with Gasteiger partial charge in [-0.05, 0) is 66.6 Å². The third-order valence-electron chi connectivity index (χ3n) is 8.04. The summed E-state index contributed by atoms with van der Waals surface area (Å²) in [5.74, 6) is 5.19. The fraction of sp³-hybridized carbons (Fsp3) is 0.242. The number of benzene rings is 2. The van der Waals surface area contributed by atoms with E-state index in [4.69, 9.17) is 9.72 Å². The number of aromatic nitrogens is 3. The van der Waals surface area contributed by atoms with E-state index in [9.17, 15) is 9.18 Å². The molecule has 0 spiro atoms. The summed E-state index contributed by atoms with van der Waals surface area (Å²) in [7, 11) is 1.55. The van der Waals surface area contributed by atoms with E-state index in [0.29, 0.717) is 18.8 Å². The summed E-state index contributed by atoms with van der Waals surface area (Å²) in [5, 5.41) is 11.2. The van der Waals surface area contributed by atoms with Crippen LogP contribution in [0.25, 0.3) is 43.7 Å². The number of fused-ring (bicyclic) bond motifs is 2. The number of thiophene rings is 1. The van der Waals surface area contributed by atoms with E-state index in [-0.39, 0.29) is 17.8 Å². The molecule has 9 heteroatoms. The second kappa shape index (κ2) is 10.7. The van der Waals surface area contributed by atoms with Crippen LogP contribution in [0.3, 0.4) is 0 Å². The molecule has 0 saturated carbocycles. The number of likely N-dealkylation sites (tertiary alicyclic amines) is 1. The highest BCUT2D eigenvalue weighted by Crippen LogP contribution is 2.46. The molecule has 42 heavy (non-hydrogen) atoms. The van der Waals surface area contributed by atoms with Crippen molar-refractivity contribution < 1.29 is 13.9 Å². The van der Waals surface area contributed by atoms with Crippen molar-refractivity contribution in [3.63, 3.8) is 0 Å². The minimum absolute atomic E-state index is 0.0596. The van der Waals surface area contributed by atoms with Crippen LogP contribution in [0, 0.1) is 17.7 Å². The van der Waals surface area contributed by atoms with Crippen LogP contribution in [0.5, 0.6) is 5.75 Å². The van der Waals surface area contributed by atoms with Crippen LogP contribution in [0.1, 0.15) is 24.1 Å². The second-order valence-corrected chi connectivity index (χ2v) is 11.5. The number of amides is 1. The summed E-state index contributed by atoms with van der Waals surface area (Å²) >= 11 is 1.63. The van der Waals surface area contributed by atoms with Crippen molar-refractivity contribution in [2.24, 2.45) is 0 Å². The van der Waals surface area contributed by atoms with Crippen molar-refractivity contribution in [1.82, 2.24) is 25.0 Å². The second-order valence-electron chi connectivity index (χ2n) is 10.6. The highest BCUT2D eigenvalue weighted by molar-refractivity contribution is 7.18. The predicted molar refractivity (Wildman–Crippen MR) is 163 cm³/mol. The lowest BCUT2D eigenvalue weighted by atomic mass is 9.93. The van der Waals surface area contributed by atoms with E-state index in [0.717, 1.165) is 63.2 Å². The van der Waals surface area contributed by atoms with E-state index in [1.165, 1.54) is 23.3 Å². The van der Waals surface area contributed by atoms with E-state index in [2.05, 4.69) is 51.9 Å². The van der Waals surface area contributed by atoms with Gasteiger partial charge in [-0.3, -0.25) is 9.48 Å². The minimum Gasteiger partial charge on any atom is -0.496 e. The zero-order chi connectivity index (χ0) is 28.8. The molecule has 0 atom stereocenters. The van der Waals surface area contributed by atoms with Gasteiger partial charge in [0.15, 0.2) is 0 Å². The molecule has 0 bridgehead atoms. The lowest BCUT2D eigenvalue weighted by molar-refractivity contribution is -0.130. The molecule has 3 aromatic heterocycles. The first kappa shape index (κ1) is 26.4. The molecule has 2 aliphatic heterocycles. The highest BCUT2D eigenvalue weighted by Gasteiger charge is 2.32. The number of hydrogen-bond donors (Lipinski definition) is 1. The first-order valence-electron chi connectivity index (χ1n) is 13.9. The Morgan fingerprint density at radius 3 is 2.83 bits per heavy atom. The first-order chi connectivity index (χ1) is 20.5. The molecule has 1 amide bonds. The number of carbonyl (C=O) groups is 1. The van der Waals surface area contributed by atoms with Gasteiger partial charge in [-0.15, -0.1) is 11.3 Å². The van der Waals surface area contributed by atoms with Gasteiger partial charge in [0, 0.05) is 64.2 Å². The molecule has 5 aromatic rings. The number of methoxy groups -OCH3 is 1. The summed E-state index contributed by atoms with van der Waals surface area (Å²) < 4.78 is 22.9. The molecular weight excluding hydrogens is 549 g/mol. The largest absolute Gasteiger partial charge is 0.496 e. The van der Waals surface area contributed by atoms with Gasteiger partial charge in [0.05, 0.1) is 30.7 Å². The van der Waals surface area contributed by atoms with Crippen molar-refractivity contribution in [2.75, 3.05) is 26.7 Å². The zero-order valence-electron chi connectivity index (χ0n) is 23.3. The van der Waals surface area contributed by atoms with Gasteiger partial charge in [-0.1, -0.05) is 18.1 Å². The zero-order valence-corrected chi connectivity index (χ0v) is 24.1. The number of pyridine rings is 1. The average Bonchev–Trinajstić information content (AvgIpc) is 3.66. The molecule has 1 fully saturated rings. The third-order valence-corrected chi connectivity index (χ3v) is 8.97. The number of hydrogen-bond acceptors (Lipinski definition) is 6. The molecule has 0 unspecified atom stereocenters. The van der Waals surface area contributed by atoms with Crippen molar-refractivity contribution in [3.8, 4) is 51.2 Å². The lowest BCUT2D eigenvalue weighted by Gasteiger charge is -2.37. The molecule has 2 aromatic carbocycles. The third kappa shape index (κ3) is 4.53. The smallest absolute Gasteiger partial charge is 0.298 e. The number of rotatable bonds is 5. The molecular formula is C33H28FN5O2S. The molecule has 1 N–H and O–H groups in total. The maximum atomic E-state index is 14.3. The summed E-state index contributed by atoms with van der Waals surface area (Å²) in [4.78, 5) is 19.2. The number of carbonyl (C=O) groups excluding carboxylic acids is 1. The van der Waals surface area contributed by atoms with Gasteiger partial charge >= 0.3 is 0 Å². The Labute approximate surface area is 247 Å². The fourth-order valence-corrected chi connectivity index (χ4v) is 6.79. The molecule has 7 rings (SSSR count). The monoisotopic (exact) mass is 577 g/mol. The number of halogens is 1. The van der Waals surface area contributed by atoms with Crippen LogP contribution in [-0.4, -0.2) is 52.3 Å². The molecule has 1 saturated heterocycles. The Morgan fingerprint density at radius 1 is 1.12 bits per heavy atom. The first-order valence-corrected chi connectivity index (χ1v) is 14.8. The van der Waals surface area contributed by atoms with E-state index in [1.54, 1.807) is 36.3 Å². The Bertz CT molecular complexity index is 1910. The van der Waals surface area contributed by atoms with Crippen LogP contribution in [0.15, 0.2) is 60.2 Å². The standard InChI is InChI=1S/C33H28FN5O2S/c1-3-4-29(40)38-18-25(19-38)39-17-23(16-36-39)32-30(26-8-7-24(34)14-28(26)41-2)33-27(10-12-42-33)31(37-32)21-5-6-22-15-35-11-9-20(22)13-21/h5-8,10,12-14,16-17,25,35H,9,11,15,18-19H2,1-2H3. The van der Waals surface area contributed by atoms with Crippen molar-refractivity contribution in [2.45, 2.75) is 25.9 Å². The van der Waals surface area contributed by atoms with E-state index < -0.39 is 0 Å². The minimum atomic E-state index is -0.364. The van der Waals surface area contributed by atoms with Gasteiger partial charge in [-0.25, -0.2) is 9.37 Å². The highest BCUT2D eigenvalue weighted by atomic mass is 32.1. The topological polar surface area (TPSA) is 72.3 Å². The molecule has 2 aliphatic rings. The maximum absolute atomic E-state index is 14.3. The van der Waals surface area contributed by atoms with Gasteiger partial charge < -0.3 is 15.0 Å². The molecule has 0 aliphatic carbocycles. The SMILES string of the molecule is CC#CC(=O)N1CC(n2cc(-c3nc(-c4ccc5c(c4)CCNC5)c4ccsc4c3-c3ccc(F)cc3OC)cn2)C1. The van der Waals surface area contributed by atoms with Gasteiger partial charge in [0.25, 0.3) is 5.91 Å². The lowest BCUT2D eigenvalue weighted by Crippen LogP contribution is -2.50. The maximum Gasteiger partial charge on any atom is 0.298 e. The van der Waals surface area contributed by atoms with Gasteiger partial charge in [-0.2, -0.15) is 5.10 Å². The van der Waals surface area contributed by atoms with Crippen LogP contribution >= 0.6 is 11.3 Å². The number of nitrogens with zero attached hydrogens (tertiary/aromatic N) is 4. The van der Waals surface area contributed by atoms with E-state index >= 15 is 0 Å². The number of nitrogens with one attached hydrogen (secondary N) is 1. The van der Waals surface area contributed by atoms with Crippen molar-refractivity contribution in [1.29, 1.82) is 0 Å². The van der Waals surface area contributed by atoms with Crippen molar-refractivity contribution in [3.05, 3.63) is 77.2 Å². The Kier molecular flexibility index (Phi) is 6.73. The summed E-state index contributed by atoms with van der Waals surface area (Å²) in [5.41, 5.74) is 7.86. The van der Waals surface area contributed by atoms with Crippen LogP contribution in [-0.2, 0) is 17.8 Å². The van der Waals surface area contributed by atoms with Crippen LogP contribution in [0.2, 0.25) is 0 Å². The predicted octanol–water partition coefficient (Wildman–Crippen LogP) is 5.69. The number of ether oxygens (including phenoxy) is 1. The average molecular weight is 578 g/mol. The molecule has 210 valence electrons. The summed E-state index contributed by atoms with van der Waals surface area (Å²) in [6.45, 7) is 4.61. The van der Waals surface area contributed by atoms with Crippen molar-refractivity contribution >= 4 is 27.3 Å². The quantitative estimate of drug-likeness (QED) is 0.272. The summed E-state index contributed by atoms with van der Waals surface area (Å²) in [6, 6.07) is 13.4. The Balaban J connectivity index is 1.39. The van der Waals surface area contributed by atoms with E-state index in [1.807, 2.05) is 17.1 Å². The van der Waals surface area contributed by atoms with Crippen LogP contribution in [0.4, 0.5) is 4.39 Å². The molecule has 5 heterocycles. The van der Waals surface area contributed by atoms with Gasteiger partial charge in [0.2, 0.25) is 0 Å². The van der Waals surface area contributed by atoms with Crippen LogP contribution < -0.4 is 10.1 Å². The summed E-state index contributed by atoms with van der Waals surface area (Å²) in [6.07, 6.45) is 4.78. The normalized spacial score (nSPS) is 14.7. The molecule has 7 nitrogen and oxygen atoms in total.